The molecule has 8 nitrogen and oxygen atoms in total. The van der Waals surface area contributed by atoms with Crippen molar-refractivity contribution in [3.8, 4) is 11.3 Å². The number of nitrogens with zero attached hydrogens (tertiary/aromatic N) is 3. The summed E-state index contributed by atoms with van der Waals surface area (Å²) in [5.74, 6) is -0.962. The molecule has 5 rings (SSSR count). The summed E-state index contributed by atoms with van der Waals surface area (Å²) in [6.45, 7) is 6.02. The fourth-order valence-electron chi connectivity index (χ4n) is 4.32. The van der Waals surface area contributed by atoms with Gasteiger partial charge in [-0.05, 0) is 51.1 Å². The van der Waals surface area contributed by atoms with E-state index < -0.39 is 11.8 Å². The van der Waals surface area contributed by atoms with Crippen molar-refractivity contribution >= 4 is 33.8 Å². The Balaban J connectivity index is 1.42. The molecule has 5 aromatic rings. The number of nitrogens with one attached hydrogen (secondary N) is 2. The quantitative estimate of drug-likeness (QED) is 0.364. The number of carbonyl (C=O) groups excluding carboxylic acids is 2. The third-order valence-electron chi connectivity index (χ3n) is 6.29. The maximum atomic E-state index is 13.2. The molecule has 0 saturated heterocycles. The van der Waals surface area contributed by atoms with Crippen molar-refractivity contribution in [2.24, 2.45) is 0 Å². The first-order chi connectivity index (χ1) is 17.9. The maximum Gasteiger partial charge on any atom is 0.272 e. The number of rotatable bonds is 4. The van der Waals surface area contributed by atoms with Gasteiger partial charge < -0.3 is 4.57 Å². The van der Waals surface area contributed by atoms with Crippen LogP contribution in [0.4, 0.5) is 0 Å². The van der Waals surface area contributed by atoms with Gasteiger partial charge in [0.25, 0.3) is 17.4 Å². The Morgan fingerprint density at radius 2 is 1.57 bits per heavy atom. The summed E-state index contributed by atoms with van der Waals surface area (Å²) in [5.41, 5.74) is 10.4. The highest BCUT2D eigenvalue weighted by atomic mass is 16.2. The number of carbonyl (C=O) groups is 2. The molecule has 2 N–H and O–H groups in total. The molecule has 184 valence electrons. The summed E-state index contributed by atoms with van der Waals surface area (Å²) in [6, 6.07) is 21.9. The molecule has 2 aromatic heterocycles. The fraction of sp³-hybridized carbons (Fsp3) is 0.138. The second-order valence-electron chi connectivity index (χ2n) is 8.80. The van der Waals surface area contributed by atoms with E-state index in [1.807, 2.05) is 62.4 Å². The van der Waals surface area contributed by atoms with Crippen LogP contribution in [0.25, 0.3) is 33.2 Å². The van der Waals surface area contributed by atoms with Crippen LogP contribution >= 0.6 is 0 Å². The van der Waals surface area contributed by atoms with Crippen LogP contribution in [0.15, 0.2) is 77.6 Å². The van der Waals surface area contributed by atoms with Crippen molar-refractivity contribution < 1.29 is 9.59 Å². The fourth-order valence-corrected chi connectivity index (χ4v) is 4.32. The smallest absolute Gasteiger partial charge is 0.272 e. The molecule has 0 aliphatic heterocycles. The first-order valence-electron chi connectivity index (χ1n) is 11.9. The number of hydrogen-bond donors (Lipinski definition) is 2. The molecular formula is C29H25N5O3. The highest BCUT2D eigenvalue weighted by Gasteiger charge is 2.16. The Hall–Kier alpha value is -4.85. The molecule has 37 heavy (non-hydrogen) atoms. The van der Waals surface area contributed by atoms with Crippen LogP contribution in [0.5, 0.6) is 0 Å². The van der Waals surface area contributed by atoms with E-state index in [-0.39, 0.29) is 5.56 Å². The van der Waals surface area contributed by atoms with Gasteiger partial charge in [-0.25, -0.2) is 9.97 Å². The van der Waals surface area contributed by atoms with Gasteiger partial charge in [-0.15, -0.1) is 0 Å². The number of hydrazine groups is 1. The standard InChI is InChI=1S/C29H25N5O3/c1-4-34-26-14-13-20(15-25(26)30-18(3)29(34)37)27(35)32-33-28(36)22-16-24(19-11-9-17(2)10-12-19)31-23-8-6-5-7-21(22)23/h5-16H,4H2,1-3H3,(H,32,35)(H,33,36). The summed E-state index contributed by atoms with van der Waals surface area (Å²) in [5, 5.41) is 0.674. The van der Waals surface area contributed by atoms with Crippen molar-refractivity contribution in [3.05, 3.63) is 106 Å². The van der Waals surface area contributed by atoms with Crippen LogP contribution in [0, 0.1) is 13.8 Å². The first-order valence-corrected chi connectivity index (χ1v) is 11.9. The SMILES string of the molecule is CCn1c(=O)c(C)nc2cc(C(=O)NNC(=O)c3cc(-c4ccc(C)cc4)nc4ccccc34)ccc21. The lowest BCUT2D eigenvalue weighted by atomic mass is 10.0. The largest absolute Gasteiger partial charge is 0.305 e. The molecule has 0 radical (unpaired) electrons. The normalized spacial score (nSPS) is 11.0. The summed E-state index contributed by atoms with van der Waals surface area (Å²) in [7, 11) is 0. The van der Waals surface area contributed by atoms with Crippen molar-refractivity contribution in [1.29, 1.82) is 0 Å². The van der Waals surface area contributed by atoms with Gasteiger partial charge in [-0.3, -0.25) is 25.2 Å². The van der Waals surface area contributed by atoms with Crippen molar-refractivity contribution in [1.82, 2.24) is 25.4 Å². The average Bonchev–Trinajstić information content (AvgIpc) is 2.91. The van der Waals surface area contributed by atoms with Crippen molar-refractivity contribution in [2.75, 3.05) is 0 Å². The minimum absolute atomic E-state index is 0.158. The number of benzene rings is 3. The topological polar surface area (TPSA) is 106 Å². The van der Waals surface area contributed by atoms with Crippen molar-refractivity contribution in [3.63, 3.8) is 0 Å². The van der Waals surface area contributed by atoms with Crippen molar-refractivity contribution in [2.45, 2.75) is 27.3 Å². The van der Waals surface area contributed by atoms with E-state index in [1.165, 1.54) is 0 Å². The lowest BCUT2D eigenvalue weighted by Crippen LogP contribution is -2.41. The third-order valence-corrected chi connectivity index (χ3v) is 6.29. The molecule has 0 bridgehead atoms. The predicted octanol–water partition coefficient (Wildman–Crippen LogP) is 4.32. The maximum absolute atomic E-state index is 13.2. The summed E-state index contributed by atoms with van der Waals surface area (Å²) >= 11 is 0. The Morgan fingerprint density at radius 1 is 0.838 bits per heavy atom. The van der Waals surface area contributed by atoms with Gasteiger partial charge in [-0.1, -0.05) is 48.0 Å². The number of para-hydroxylation sites is 1. The van der Waals surface area contributed by atoms with Gasteiger partial charge in [0.2, 0.25) is 0 Å². The zero-order valence-electron chi connectivity index (χ0n) is 20.7. The number of hydrogen-bond acceptors (Lipinski definition) is 5. The molecule has 0 saturated carbocycles. The van der Waals surface area contributed by atoms with Crippen LogP contribution in [0.1, 0.15) is 38.9 Å². The molecule has 0 atom stereocenters. The highest BCUT2D eigenvalue weighted by molar-refractivity contribution is 6.08. The molecule has 0 aliphatic carbocycles. The molecule has 2 heterocycles. The van der Waals surface area contributed by atoms with Crippen LogP contribution in [-0.2, 0) is 6.54 Å². The molecule has 2 amide bonds. The Kier molecular flexibility index (Phi) is 6.23. The van der Waals surface area contributed by atoms with Crippen LogP contribution in [-0.4, -0.2) is 26.3 Å². The Bertz CT molecular complexity index is 1740. The van der Waals surface area contributed by atoms with Gasteiger partial charge in [-0.2, -0.15) is 0 Å². The number of amides is 2. The molecule has 0 unspecified atom stereocenters. The zero-order chi connectivity index (χ0) is 26.1. The van der Waals surface area contributed by atoms with E-state index in [9.17, 15) is 14.4 Å². The summed E-state index contributed by atoms with van der Waals surface area (Å²) < 4.78 is 1.61. The van der Waals surface area contributed by atoms with Gasteiger partial charge in [0.05, 0.1) is 27.8 Å². The second-order valence-corrected chi connectivity index (χ2v) is 8.80. The first kappa shape index (κ1) is 23.9. The Labute approximate surface area is 213 Å². The van der Waals surface area contributed by atoms with Crippen LogP contribution in [0.3, 0.4) is 0 Å². The van der Waals surface area contributed by atoms with E-state index >= 15 is 0 Å². The molecule has 0 spiro atoms. The predicted molar refractivity (Wildman–Crippen MR) is 143 cm³/mol. The van der Waals surface area contributed by atoms with E-state index in [2.05, 4.69) is 15.8 Å². The number of fused-ring (bicyclic) bond motifs is 2. The van der Waals surface area contributed by atoms with E-state index in [4.69, 9.17) is 4.98 Å². The number of aryl methyl sites for hydroxylation is 3. The Morgan fingerprint density at radius 3 is 2.32 bits per heavy atom. The lowest BCUT2D eigenvalue weighted by Gasteiger charge is -2.12. The van der Waals surface area contributed by atoms with E-state index in [1.54, 1.807) is 35.8 Å². The van der Waals surface area contributed by atoms with Crippen LogP contribution in [0.2, 0.25) is 0 Å². The number of aromatic nitrogens is 3. The minimum atomic E-state index is -0.499. The summed E-state index contributed by atoms with van der Waals surface area (Å²) in [4.78, 5) is 47.5. The molecular weight excluding hydrogens is 466 g/mol. The molecule has 3 aromatic carbocycles. The van der Waals surface area contributed by atoms with Gasteiger partial charge in [0, 0.05) is 23.1 Å². The molecule has 0 aliphatic rings. The monoisotopic (exact) mass is 491 g/mol. The molecule has 0 fully saturated rings. The van der Waals surface area contributed by atoms with Gasteiger partial charge in [0.1, 0.15) is 5.69 Å². The van der Waals surface area contributed by atoms with Gasteiger partial charge >= 0.3 is 0 Å². The number of pyridine rings is 1. The third kappa shape index (κ3) is 4.56. The highest BCUT2D eigenvalue weighted by Crippen LogP contribution is 2.25. The minimum Gasteiger partial charge on any atom is -0.305 e. The lowest BCUT2D eigenvalue weighted by molar-refractivity contribution is 0.0847. The van der Waals surface area contributed by atoms with E-state index in [0.29, 0.717) is 51.0 Å². The van der Waals surface area contributed by atoms with Crippen LogP contribution < -0.4 is 16.4 Å². The van der Waals surface area contributed by atoms with Gasteiger partial charge in [0.15, 0.2) is 0 Å². The zero-order valence-corrected chi connectivity index (χ0v) is 20.7. The summed E-state index contributed by atoms with van der Waals surface area (Å²) in [6.07, 6.45) is 0. The second kappa shape index (κ2) is 9.66. The average molecular weight is 492 g/mol. The van der Waals surface area contributed by atoms with E-state index in [0.717, 1.165) is 11.1 Å². The molecule has 8 heteroatoms.